The van der Waals surface area contributed by atoms with E-state index >= 15 is 0 Å². The molecule has 108 valence electrons. The van der Waals surface area contributed by atoms with Crippen molar-refractivity contribution in [3.63, 3.8) is 0 Å². The van der Waals surface area contributed by atoms with Gasteiger partial charge in [0.1, 0.15) is 11.4 Å². The van der Waals surface area contributed by atoms with E-state index in [1.165, 1.54) is 33.5 Å². The number of fused-ring (bicyclic) bond motifs is 5. The molecule has 1 aromatic heterocycles. The number of hydrogen-bond donors (Lipinski definition) is 0. The van der Waals surface area contributed by atoms with Crippen molar-refractivity contribution in [2.75, 3.05) is 4.81 Å². The summed E-state index contributed by atoms with van der Waals surface area (Å²) >= 11 is 0. The zero-order valence-electron chi connectivity index (χ0n) is 12.8. The lowest BCUT2D eigenvalue weighted by Crippen LogP contribution is -2.51. The number of para-hydroxylation sites is 2. The van der Waals surface area contributed by atoms with Crippen LogP contribution < -0.4 is 19.5 Å². The highest BCUT2D eigenvalue weighted by molar-refractivity contribution is 6.77. The van der Waals surface area contributed by atoms with Gasteiger partial charge in [0, 0.05) is 17.1 Å². The Kier molecular flexibility index (Phi) is 1.93. The van der Waals surface area contributed by atoms with E-state index in [-0.39, 0.29) is 7.05 Å². The van der Waals surface area contributed by atoms with Gasteiger partial charge < -0.3 is 9.47 Å². The Morgan fingerprint density at radius 3 is 2.91 bits per heavy atom. The van der Waals surface area contributed by atoms with Crippen molar-refractivity contribution >= 4 is 23.9 Å². The number of anilines is 2. The average Bonchev–Trinajstić information content (AvgIpc) is 3.12. The van der Waals surface area contributed by atoms with Crippen molar-refractivity contribution < 1.29 is 9.22 Å². The number of aryl methyl sites for hydroxylation is 1. The van der Waals surface area contributed by atoms with Crippen LogP contribution in [0.4, 0.5) is 11.4 Å². The Hall–Kier alpha value is -2.75. The van der Waals surface area contributed by atoms with E-state index in [1.54, 1.807) is 0 Å². The molecule has 4 heterocycles. The van der Waals surface area contributed by atoms with E-state index in [0.717, 1.165) is 18.0 Å². The summed E-state index contributed by atoms with van der Waals surface area (Å²) < 4.78 is 8.71. The van der Waals surface area contributed by atoms with Gasteiger partial charge in [0.25, 0.3) is 0 Å². The molecule has 0 spiro atoms. The minimum absolute atomic E-state index is 0.0532. The molecule has 0 radical (unpaired) electrons. The second-order valence-electron chi connectivity index (χ2n) is 6.57. The normalized spacial score (nSPS) is 15.2. The summed E-state index contributed by atoms with van der Waals surface area (Å²) in [6, 6.07) is 17.3. The topological polar surface area (TPSA) is 16.4 Å². The van der Waals surface area contributed by atoms with Gasteiger partial charge in [-0.1, -0.05) is 23.8 Å². The first-order valence-electron chi connectivity index (χ1n) is 8.02. The van der Waals surface area contributed by atoms with Crippen LogP contribution in [0.3, 0.4) is 0 Å². The minimum atomic E-state index is -0.0532. The minimum Gasteiger partial charge on any atom is -0.536 e. The second kappa shape index (κ2) is 3.77. The number of rotatable bonds is 0. The molecule has 0 fully saturated rings. The third kappa shape index (κ3) is 1.31. The van der Waals surface area contributed by atoms with Gasteiger partial charge in [-0.15, -0.1) is 0 Å². The van der Waals surface area contributed by atoms with E-state index < -0.39 is 0 Å². The molecule has 4 heteroatoms. The Labute approximate surface area is 134 Å². The molecule has 0 N–H and O–H groups in total. The number of pyridine rings is 1. The highest BCUT2D eigenvalue weighted by Gasteiger charge is 2.50. The lowest BCUT2D eigenvalue weighted by atomic mass is 9.65. The summed E-state index contributed by atoms with van der Waals surface area (Å²) in [5.74, 6) is 0.968. The molecule has 0 saturated carbocycles. The van der Waals surface area contributed by atoms with E-state index in [9.17, 15) is 0 Å². The van der Waals surface area contributed by atoms with Crippen LogP contribution in [0.15, 0.2) is 54.7 Å². The van der Waals surface area contributed by atoms with Gasteiger partial charge in [-0.3, -0.25) is 0 Å². The van der Waals surface area contributed by atoms with Crippen LogP contribution in [0, 0.1) is 6.92 Å². The summed E-state index contributed by atoms with van der Waals surface area (Å²) in [7, 11) is -0.0532. The van der Waals surface area contributed by atoms with Crippen molar-refractivity contribution in [1.29, 1.82) is 0 Å². The molecule has 3 aromatic rings. The largest absolute Gasteiger partial charge is 0.536 e. The van der Waals surface area contributed by atoms with Crippen LogP contribution in [-0.2, 0) is 6.54 Å². The van der Waals surface area contributed by atoms with Gasteiger partial charge in [-0.05, 0) is 31.2 Å². The highest BCUT2D eigenvalue weighted by Crippen LogP contribution is 2.47. The van der Waals surface area contributed by atoms with Crippen molar-refractivity contribution in [2.24, 2.45) is 0 Å². The molecule has 2 aromatic carbocycles. The van der Waals surface area contributed by atoms with Crippen molar-refractivity contribution in [2.45, 2.75) is 13.5 Å². The maximum absolute atomic E-state index is 6.34. The van der Waals surface area contributed by atoms with Crippen molar-refractivity contribution in [3.05, 3.63) is 65.9 Å². The maximum atomic E-state index is 6.34. The Morgan fingerprint density at radius 1 is 1.09 bits per heavy atom. The van der Waals surface area contributed by atoms with E-state index in [4.69, 9.17) is 4.65 Å². The zero-order chi connectivity index (χ0) is 15.1. The Bertz CT molecular complexity index is 1010. The van der Waals surface area contributed by atoms with Crippen LogP contribution in [0.1, 0.15) is 11.1 Å². The molecule has 0 amide bonds. The molecule has 0 aliphatic carbocycles. The lowest BCUT2D eigenvalue weighted by Gasteiger charge is -2.27. The predicted molar refractivity (Wildman–Crippen MR) is 90.5 cm³/mol. The van der Waals surface area contributed by atoms with Crippen molar-refractivity contribution in [1.82, 2.24) is 0 Å². The highest BCUT2D eigenvalue weighted by atomic mass is 16.5. The molecule has 0 atom stereocenters. The number of hydrogen-bond acceptors (Lipinski definition) is 2. The standard InChI is InChI=1S/C19H14BN2O/c1-12-9-13-11-21-8-4-6-16-19(21)18(13)14(10-12)20-22(16)15-5-2-3-7-17(15)23-20/h2-10H,11H2,1H3/q+1. The van der Waals surface area contributed by atoms with E-state index in [2.05, 4.69) is 65.0 Å². The fourth-order valence-corrected chi connectivity index (χ4v) is 4.33. The fourth-order valence-electron chi connectivity index (χ4n) is 4.33. The van der Waals surface area contributed by atoms with E-state index in [1.807, 2.05) is 6.07 Å². The molecule has 0 unspecified atom stereocenters. The van der Waals surface area contributed by atoms with Gasteiger partial charge in [0.15, 0.2) is 12.7 Å². The van der Waals surface area contributed by atoms with Gasteiger partial charge >= 0.3 is 7.05 Å². The second-order valence-corrected chi connectivity index (χ2v) is 6.57. The summed E-state index contributed by atoms with van der Waals surface area (Å²) in [4.78, 5) is 2.35. The number of nitrogens with zero attached hydrogens (tertiary/aromatic N) is 2. The third-order valence-corrected chi connectivity index (χ3v) is 5.15. The monoisotopic (exact) mass is 297 g/mol. The Morgan fingerprint density at radius 2 is 1.96 bits per heavy atom. The van der Waals surface area contributed by atoms with E-state index in [0.29, 0.717) is 0 Å². The van der Waals surface area contributed by atoms with Crippen LogP contribution in [0.2, 0.25) is 0 Å². The smallest absolute Gasteiger partial charge is 0.525 e. The molecule has 3 aliphatic heterocycles. The Balaban J connectivity index is 1.75. The zero-order valence-corrected chi connectivity index (χ0v) is 12.8. The van der Waals surface area contributed by atoms with Gasteiger partial charge in [0.05, 0.1) is 11.3 Å². The fraction of sp³-hybridized carbons (Fsp3) is 0.105. The maximum Gasteiger partial charge on any atom is 0.525 e. The molecule has 3 nitrogen and oxygen atoms in total. The molecule has 0 bridgehead atoms. The van der Waals surface area contributed by atoms with Crippen molar-refractivity contribution in [3.8, 4) is 17.0 Å². The number of aromatic nitrogens is 1. The first kappa shape index (κ1) is 11.8. The lowest BCUT2D eigenvalue weighted by molar-refractivity contribution is -0.671. The summed E-state index contributed by atoms with van der Waals surface area (Å²) in [5, 5.41) is 0. The average molecular weight is 297 g/mol. The predicted octanol–water partition coefficient (Wildman–Crippen LogP) is 2.55. The molecular weight excluding hydrogens is 283 g/mol. The molecule has 6 rings (SSSR count). The third-order valence-electron chi connectivity index (χ3n) is 5.15. The van der Waals surface area contributed by atoms with Crippen LogP contribution >= 0.6 is 0 Å². The van der Waals surface area contributed by atoms with Crippen LogP contribution in [0.5, 0.6) is 5.75 Å². The molecular formula is C19H14BN2O+. The van der Waals surface area contributed by atoms with Gasteiger partial charge in [-0.2, -0.15) is 4.57 Å². The van der Waals surface area contributed by atoms with Crippen LogP contribution in [0.25, 0.3) is 11.3 Å². The molecule has 23 heavy (non-hydrogen) atoms. The van der Waals surface area contributed by atoms with Gasteiger partial charge in [0.2, 0.25) is 5.69 Å². The summed E-state index contributed by atoms with van der Waals surface area (Å²) in [6.07, 6.45) is 2.18. The van der Waals surface area contributed by atoms with Crippen LogP contribution in [-0.4, -0.2) is 7.05 Å². The quantitative estimate of drug-likeness (QED) is 0.366. The summed E-state index contributed by atoms with van der Waals surface area (Å²) in [5.41, 5.74) is 9.11. The summed E-state index contributed by atoms with van der Waals surface area (Å²) in [6.45, 7) is 3.13. The molecule has 0 saturated heterocycles. The number of benzene rings is 2. The first-order valence-corrected chi connectivity index (χ1v) is 8.02. The first-order chi connectivity index (χ1) is 11.3. The van der Waals surface area contributed by atoms with Gasteiger partial charge in [-0.25, -0.2) is 0 Å². The molecule has 3 aliphatic rings. The SMILES string of the molecule is Cc1cc2c3c(c1)B1Oc4ccccc4N1c1ccc[n+](c1-3)C2.